The number of urea groups is 1. The molecule has 2 fully saturated rings. The maximum atomic E-state index is 12.2. The molecule has 2 unspecified atom stereocenters. The number of hydrogen-bond acceptors (Lipinski definition) is 4. The fourth-order valence-electron chi connectivity index (χ4n) is 3.95. The van der Waals surface area contributed by atoms with Gasteiger partial charge in [-0.25, -0.2) is 19.4 Å². The second-order valence-corrected chi connectivity index (χ2v) is 7.06. The number of pyridine rings is 1. The Morgan fingerprint density at radius 2 is 2.16 bits per heavy atom. The Labute approximate surface area is 147 Å². The molecule has 132 valence electrons. The second-order valence-electron chi connectivity index (χ2n) is 7.06. The lowest BCUT2D eigenvalue weighted by atomic mass is 9.85. The van der Waals surface area contributed by atoms with Gasteiger partial charge in [0.05, 0.1) is 0 Å². The summed E-state index contributed by atoms with van der Waals surface area (Å²) in [7, 11) is 0. The van der Waals surface area contributed by atoms with Gasteiger partial charge in [-0.2, -0.15) is 5.10 Å². The summed E-state index contributed by atoms with van der Waals surface area (Å²) in [6.07, 6.45) is 12.7. The predicted molar refractivity (Wildman–Crippen MR) is 93.0 cm³/mol. The van der Waals surface area contributed by atoms with Gasteiger partial charge in [0, 0.05) is 24.3 Å². The Kier molecular flexibility index (Phi) is 4.63. The number of carbonyl (C=O) groups is 1. The number of hydrogen-bond donors (Lipinski definition) is 2. The first-order chi connectivity index (χ1) is 12.3. The van der Waals surface area contributed by atoms with Crippen molar-refractivity contribution in [3.05, 3.63) is 36.5 Å². The molecule has 0 aliphatic heterocycles. The average Bonchev–Trinajstić information content (AvgIpc) is 3.19. The van der Waals surface area contributed by atoms with Crippen molar-refractivity contribution in [2.24, 2.45) is 11.8 Å². The molecule has 2 N–H and O–H groups in total. The first kappa shape index (κ1) is 16.1. The molecule has 0 saturated heterocycles. The zero-order chi connectivity index (χ0) is 17.1. The number of aromatic nitrogens is 4. The monoisotopic (exact) mass is 340 g/mol. The third-order valence-electron chi connectivity index (χ3n) is 5.35. The molecule has 4 rings (SSSR count). The molecule has 25 heavy (non-hydrogen) atoms. The molecule has 0 radical (unpaired) electrons. The van der Waals surface area contributed by atoms with Crippen LogP contribution in [0, 0.1) is 11.8 Å². The van der Waals surface area contributed by atoms with Crippen molar-refractivity contribution in [3.8, 4) is 5.82 Å². The number of nitrogens with one attached hydrogen (secondary N) is 2. The van der Waals surface area contributed by atoms with Crippen LogP contribution in [0.3, 0.4) is 0 Å². The fraction of sp³-hybridized carbons (Fsp3) is 0.556. The number of nitrogens with zero attached hydrogens (tertiary/aromatic N) is 4. The summed E-state index contributed by atoms with van der Waals surface area (Å²) in [6, 6.07) is 4.05. The molecule has 0 spiro atoms. The molecule has 0 aromatic carbocycles. The van der Waals surface area contributed by atoms with Crippen LogP contribution >= 0.6 is 0 Å². The summed E-state index contributed by atoms with van der Waals surface area (Å²) in [5.74, 6) is 2.19. The Hall–Kier alpha value is -2.44. The highest BCUT2D eigenvalue weighted by Crippen LogP contribution is 2.44. The molecule has 2 aliphatic rings. The Morgan fingerprint density at radius 3 is 2.96 bits per heavy atom. The normalized spacial score (nSPS) is 23.2. The highest BCUT2D eigenvalue weighted by atomic mass is 16.2. The fourth-order valence-corrected chi connectivity index (χ4v) is 3.95. The smallest absolute Gasteiger partial charge is 0.315 e. The van der Waals surface area contributed by atoms with Gasteiger partial charge in [0.15, 0.2) is 5.82 Å². The summed E-state index contributed by atoms with van der Waals surface area (Å²) < 4.78 is 1.61. The predicted octanol–water partition coefficient (Wildman–Crippen LogP) is 2.43. The van der Waals surface area contributed by atoms with Crippen LogP contribution in [0.25, 0.3) is 5.82 Å². The number of rotatable bonds is 5. The van der Waals surface area contributed by atoms with E-state index in [0.29, 0.717) is 24.3 Å². The van der Waals surface area contributed by atoms with Crippen molar-refractivity contribution in [2.45, 2.75) is 51.1 Å². The van der Waals surface area contributed by atoms with Crippen LogP contribution in [0.5, 0.6) is 0 Å². The molecule has 0 bridgehead atoms. The summed E-state index contributed by atoms with van der Waals surface area (Å²) in [5, 5.41) is 10.2. The van der Waals surface area contributed by atoms with E-state index in [0.717, 1.165) is 17.9 Å². The minimum Gasteiger partial charge on any atom is -0.335 e. The maximum Gasteiger partial charge on any atom is 0.315 e. The van der Waals surface area contributed by atoms with Crippen molar-refractivity contribution < 1.29 is 4.79 Å². The van der Waals surface area contributed by atoms with E-state index in [-0.39, 0.29) is 6.03 Å². The maximum absolute atomic E-state index is 12.2. The number of amides is 2. The first-order valence-corrected chi connectivity index (χ1v) is 9.14. The first-order valence-electron chi connectivity index (χ1n) is 9.14. The van der Waals surface area contributed by atoms with Gasteiger partial charge >= 0.3 is 6.03 Å². The van der Waals surface area contributed by atoms with E-state index in [9.17, 15) is 4.79 Å². The van der Waals surface area contributed by atoms with Gasteiger partial charge in [-0.15, -0.1) is 0 Å². The minimum absolute atomic E-state index is 0.100. The lowest BCUT2D eigenvalue weighted by Gasteiger charge is -2.21. The topological polar surface area (TPSA) is 84.7 Å². The summed E-state index contributed by atoms with van der Waals surface area (Å²) in [4.78, 5) is 20.5. The van der Waals surface area contributed by atoms with E-state index >= 15 is 0 Å². The molecule has 2 saturated carbocycles. The zero-order valence-electron chi connectivity index (χ0n) is 14.3. The quantitative estimate of drug-likeness (QED) is 0.875. The van der Waals surface area contributed by atoms with E-state index in [1.807, 2.05) is 12.1 Å². The third kappa shape index (κ3) is 3.81. The SMILES string of the molecule is O=C(NCc1cccnc1-n1cncn1)NC1CC1C1CCCCC1. The van der Waals surface area contributed by atoms with Gasteiger partial charge in [-0.3, -0.25) is 0 Å². The molecule has 2 amide bonds. The second kappa shape index (κ2) is 7.21. The van der Waals surface area contributed by atoms with Crippen LogP contribution in [0.2, 0.25) is 0 Å². The van der Waals surface area contributed by atoms with Crippen LogP contribution in [0.15, 0.2) is 31.0 Å². The van der Waals surface area contributed by atoms with Gasteiger partial charge in [-0.1, -0.05) is 38.2 Å². The standard InChI is InChI=1S/C18H24N6O/c25-18(23-16-9-15(16)13-5-2-1-3-6-13)21-10-14-7-4-8-20-17(14)24-12-19-11-22-24/h4,7-8,11-13,15-16H,1-3,5-6,9-10H2,(H2,21,23,25). The van der Waals surface area contributed by atoms with Crippen LogP contribution < -0.4 is 10.6 Å². The van der Waals surface area contributed by atoms with Crippen LogP contribution in [-0.4, -0.2) is 31.8 Å². The lowest BCUT2D eigenvalue weighted by Crippen LogP contribution is -2.37. The molecule has 2 aromatic rings. The third-order valence-corrected chi connectivity index (χ3v) is 5.35. The largest absolute Gasteiger partial charge is 0.335 e. The highest BCUT2D eigenvalue weighted by Gasteiger charge is 2.43. The van der Waals surface area contributed by atoms with E-state index in [1.165, 1.54) is 38.4 Å². The molecule has 7 nitrogen and oxygen atoms in total. The molecular weight excluding hydrogens is 316 g/mol. The lowest BCUT2D eigenvalue weighted by molar-refractivity contribution is 0.237. The summed E-state index contributed by atoms with van der Waals surface area (Å²) in [5.41, 5.74) is 0.905. The number of carbonyl (C=O) groups excluding carboxylic acids is 1. The van der Waals surface area contributed by atoms with Crippen molar-refractivity contribution >= 4 is 6.03 Å². The summed E-state index contributed by atoms with van der Waals surface area (Å²) >= 11 is 0. The van der Waals surface area contributed by atoms with E-state index in [2.05, 4.69) is 25.7 Å². The minimum atomic E-state index is -0.100. The molecule has 7 heteroatoms. The van der Waals surface area contributed by atoms with E-state index in [4.69, 9.17) is 0 Å². The van der Waals surface area contributed by atoms with E-state index < -0.39 is 0 Å². The molecule has 2 heterocycles. The van der Waals surface area contributed by atoms with E-state index in [1.54, 1.807) is 17.2 Å². The van der Waals surface area contributed by atoms with Gasteiger partial charge in [0.25, 0.3) is 0 Å². The summed E-state index contributed by atoms with van der Waals surface area (Å²) in [6.45, 7) is 0.412. The van der Waals surface area contributed by atoms with Crippen LogP contribution in [0.4, 0.5) is 4.79 Å². The van der Waals surface area contributed by atoms with Gasteiger partial charge in [0.1, 0.15) is 12.7 Å². The van der Waals surface area contributed by atoms with Crippen LogP contribution in [-0.2, 0) is 6.54 Å². The van der Waals surface area contributed by atoms with Crippen molar-refractivity contribution in [3.63, 3.8) is 0 Å². The van der Waals surface area contributed by atoms with Gasteiger partial charge in [-0.05, 0) is 24.3 Å². The highest BCUT2D eigenvalue weighted by molar-refractivity contribution is 5.74. The molecule has 2 aromatic heterocycles. The molecular formula is C18H24N6O. The van der Waals surface area contributed by atoms with Gasteiger partial charge < -0.3 is 10.6 Å². The van der Waals surface area contributed by atoms with Gasteiger partial charge in [0.2, 0.25) is 0 Å². The Balaban J connectivity index is 1.29. The van der Waals surface area contributed by atoms with Crippen molar-refractivity contribution in [1.29, 1.82) is 0 Å². The Morgan fingerprint density at radius 1 is 1.28 bits per heavy atom. The van der Waals surface area contributed by atoms with Crippen molar-refractivity contribution in [2.75, 3.05) is 0 Å². The Bertz CT molecular complexity index is 710. The molecule has 2 atom stereocenters. The van der Waals surface area contributed by atoms with Crippen LogP contribution in [0.1, 0.15) is 44.1 Å². The zero-order valence-corrected chi connectivity index (χ0v) is 14.3. The van der Waals surface area contributed by atoms with Crippen molar-refractivity contribution in [1.82, 2.24) is 30.4 Å². The average molecular weight is 340 g/mol. The molecule has 2 aliphatic carbocycles.